The molecule has 5 heteroatoms. The first kappa shape index (κ1) is 24.3. The van der Waals surface area contributed by atoms with E-state index in [9.17, 15) is 9.59 Å². The van der Waals surface area contributed by atoms with Crippen LogP contribution in [0.4, 0.5) is 5.69 Å². The Labute approximate surface area is 205 Å². The second-order valence-corrected chi connectivity index (χ2v) is 10.1. The van der Waals surface area contributed by atoms with Crippen molar-refractivity contribution < 1.29 is 13.9 Å². The summed E-state index contributed by atoms with van der Waals surface area (Å²) >= 11 is 0. The normalized spacial score (nSPS) is 11.5. The van der Waals surface area contributed by atoms with Gasteiger partial charge in [-0.05, 0) is 55.5 Å². The average molecular weight is 470 g/mol. The summed E-state index contributed by atoms with van der Waals surface area (Å²) in [6.07, 6.45) is 0. The van der Waals surface area contributed by atoms with E-state index in [4.69, 9.17) is 9.15 Å². The van der Waals surface area contributed by atoms with Crippen LogP contribution in [-0.2, 0) is 10.2 Å². The van der Waals surface area contributed by atoms with Gasteiger partial charge in [0.25, 0.3) is 5.91 Å². The van der Waals surface area contributed by atoms with Crippen LogP contribution in [0, 0.1) is 20.8 Å². The highest BCUT2D eigenvalue weighted by Gasteiger charge is 2.20. The summed E-state index contributed by atoms with van der Waals surface area (Å²) in [5, 5.41) is 3.28. The molecule has 1 aromatic heterocycles. The van der Waals surface area contributed by atoms with Crippen molar-refractivity contribution >= 4 is 22.6 Å². The minimum atomic E-state index is -0.352. The number of carbonyl (C=O) groups excluding carboxylic acids is 1. The second kappa shape index (κ2) is 9.41. The van der Waals surface area contributed by atoms with E-state index in [0.29, 0.717) is 28.0 Å². The zero-order valence-electron chi connectivity index (χ0n) is 21.1. The number of hydrogen-bond acceptors (Lipinski definition) is 4. The van der Waals surface area contributed by atoms with Crippen LogP contribution >= 0.6 is 0 Å². The van der Waals surface area contributed by atoms with Crippen LogP contribution in [0.2, 0.25) is 0 Å². The smallest absolute Gasteiger partial charge is 0.262 e. The van der Waals surface area contributed by atoms with Crippen molar-refractivity contribution in [3.8, 4) is 17.1 Å². The fourth-order valence-corrected chi connectivity index (χ4v) is 4.01. The molecular weight excluding hydrogens is 438 g/mol. The first-order valence-electron chi connectivity index (χ1n) is 11.7. The number of anilines is 1. The molecule has 0 fully saturated rings. The number of amides is 1. The SMILES string of the molecule is Cc1ccc(NC(=O)COc2c(-c3ccc(C(C)(C)C)cc3)oc3ccc(C)cc3c2=O)c(C)c1. The highest BCUT2D eigenvalue weighted by molar-refractivity contribution is 5.93. The molecule has 0 aliphatic carbocycles. The maximum absolute atomic E-state index is 13.4. The van der Waals surface area contributed by atoms with Crippen LogP contribution in [0.1, 0.15) is 43.0 Å². The maximum Gasteiger partial charge on any atom is 0.262 e. The number of rotatable bonds is 5. The van der Waals surface area contributed by atoms with E-state index in [1.165, 1.54) is 0 Å². The van der Waals surface area contributed by atoms with E-state index in [2.05, 4.69) is 26.1 Å². The molecule has 4 rings (SSSR count). The van der Waals surface area contributed by atoms with Gasteiger partial charge >= 0.3 is 0 Å². The van der Waals surface area contributed by atoms with Gasteiger partial charge in [0, 0.05) is 11.3 Å². The molecule has 0 aliphatic rings. The van der Waals surface area contributed by atoms with Gasteiger partial charge in [-0.1, -0.05) is 74.4 Å². The molecule has 1 amide bonds. The van der Waals surface area contributed by atoms with Crippen molar-refractivity contribution in [1.82, 2.24) is 0 Å². The van der Waals surface area contributed by atoms with Crippen molar-refractivity contribution in [1.29, 1.82) is 0 Å². The van der Waals surface area contributed by atoms with Crippen LogP contribution in [0.5, 0.6) is 5.75 Å². The molecule has 35 heavy (non-hydrogen) atoms. The molecule has 5 nitrogen and oxygen atoms in total. The van der Waals surface area contributed by atoms with Gasteiger partial charge in [-0.3, -0.25) is 9.59 Å². The standard InChI is InChI=1S/C30H31NO4/c1-18-7-13-24(20(3)15-18)31-26(32)17-34-29-27(33)23-16-19(2)8-14-25(23)35-28(29)21-9-11-22(12-10-21)30(4,5)6/h7-16H,17H2,1-6H3,(H,31,32). The summed E-state index contributed by atoms with van der Waals surface area (Å²) in [4.78, 5) is 26.1. The number of fused-ring (bicyclic) bond motifs is 1. The molecule has 0 saturated carbocycles. The molecular formula is C30H31NO4. The molecule has 1 heterocycles. The molecule has 180 valence electrons. The number of carbonyl (C=O) groups is 1. The summed E-state index contributed by atoms with van der Waals surface area (Å²) in [5.74, 6) is -0.0109. The fraction of sp³-hybridized carbons (Fsp3) is 0.267. The molecule has 0 spiro atoms. The zero-order valence-corrected chi connectivity index (χ0v) is 21.1. The van der Waals surface area contributed by atoms with E-state index >= 15 is 0 Å². The summed E-state index contributed by atoms with van der Waals surface area (Å²) in [6.45, 7) is 12.0. The minimum absolute atomic E-state index is 0.00813. The van der Waals surface area contributed by atoms with Gasteiger partial charge in [0.15, 0.2) is 12.4 Å². The van der Waals surface area contributed by atoms with Gasteiger partial charge in [0.1, 0.15) is 5.58 Å². The third-order valence-electron chi connectivity index (χ3n) is 6.02. The number of hydrogen-bond donors (Lipinski definition) is 1. The van der Waals surface area contributed by atoms with Crippen molar-refractivity contribution in [3.63, 3.8) is 0 Å². The van der Waals surface area contributed by atoms with E-state index < -0.39 is 0 Å². The second-order valence-electron chi connectivity index (χ2n) is 10.1. The molecule has 0 unspecified atom stereocenters. The lowest BCUT2D eigenvalue weighted by molar-refractivity contribution is -0.118. The maximum atomic E-state index is 13.4. The first-order chi connectivity index (χ1) is 16.5. The van der Waals surface area contributed by atoms with Crippen LogP contribution in [0.25, 0.3) is 22.3 Å². The number of aryl methyl sites for hydroxylation is 3. The van der Waals surface area contributed by atoms with Gasteiger partial charge in [0.05, 0.1) is 5.39 Å². The Morgan fingerprint density at radius 3 is 2.23 bits per heavy atom. The number of nitrogens with one attached hydrogen (secondary N) is 1. The highest BCUT2D eigenvalue weighted by Crippen LogP contribution is 2.33. The average Bonchev–Trinajstić information content (AvgIpc) is 2.80. The molecule has 0 radical (unpaired) electrons. The van der Waals surface area contributed by atoms with Crippen LogP contribution in [-0.4, -0.2) is 12.5 Å². The lowest BCUT2D eigenvalue weighted by Crippen LogP contribution is -2.23. The molecule has 0 atom stereocenters. The lowest BCUT2D eigenvalue weighted by Gasteiger charge is -2.19. The summed E-state index contributed by atoms with van der Waals surface area (Å²) in [7, 11) is 0. The van der Waals surface area contributed by atoms with E-state index in [0.717, 1.165) is 22.3 Å². The first-order valence-corrected chi connectivity index (χ1v) is 11.7. The molecule has 0 aliphatic heterocycles. The molecule has 0 saturated heterocycles. The largest absolute Gasteiger partial charge is 0.476 e. The monoisotopic (exact) mass is 469 g/mol. The molecule has 4 aromatic rings. The molecule has 3 aromatic carbocycles. The number of ether oxygens (including phenoxy) is 1. The lowest BCUT2D eigenvalue weighted by atomic mass is 9.86. The fourth-order valence-electron chi connectivity index (χ4n) is 4.01. The van der Waals surface area contributed by atoms with Crippen LogP contribution < -0.4 is 15.5 Å². The Hall–Kier alpha value is -3.86. The Morgan fingerprint density at radius 2 is 1.57 bits per heavy atom. The van der Waals surface area contributed by atoms with Gasteiger partial charge in [-0.15, -0.1) is 0 Å². The van der Waals surface area contributed by atoms with Crippen molar-refractivity contribution in [2.75, 3.05) is 11.9 Å². The van der Waals surface area contributed by atoms with Gasteiger partial charge in [-0.25, -0.2) is 0 Å². The third-order valence-corrected chi connectivity index (χ3v) is 6.02. The minimum Gasteiger partial charge on any atom is -0.476 e. The molecule has 1 N–H and O–H groups in total. The zero-order chi connectivity index (χ0) is 25.3. The van der Waals surface area contributed by atoms with Crippen LogP contribution in [0.15, 0.2) is 69.9 Å². The van der Waals surface area contributed by atoms with E-state index in [-0.39, 0.29) is 29.1 Å². The van der Waals surface area contributed by atoms with Crippen molar-refractivity contribution in [3.05, 3.63) is 93.1 Å². The number of benzene rings is 3. The predicted octanol–water partition coefficient (Wildman–Crippen LogP) is 6.70. The van der Waals surface area contributed by atoms with Gasteiger partial charge in [0.2, 0.25) is 11.2 Å². The Morgan fingerprint density at radius 1 is 0.914 bits per heavy atom. The van der Waals surface area contributed by atoms with Crippen molar-refractivity contribution in [2.45, 2.75) is 47.0 Å². The Bertz CT molecular complexity index is 1460. The highest BCUT2D eigenvalue weighted by atomic mass is 16.5. The molecule has 0 bridgehead atoms. The van der Waals surface area contributed by atoms with Gasteiger partial charge < -0.3 is 14.5 Å². The van der Waals surface area contributed by atoms with Gasteiger partial charge in [-0.2, -0.15) is 0 Å². The quantitative estimate of drug-likeness (QED) is 0.353. The topological polar surface area (TPSA) is 68.5 Å². The summed E-state index contributed by atoms with van der Waals surface area (Å²) in [6, 6.07) is 19.1. The van der Waals surface area contributed by atoms with Crippen LogP contribution in [0.3, 0.4) is 0 Å². The van der Waals surface area contributed by atoms with E-state index in [1.807, 2.05) is 69.3 Å². The van der Waals surface area contributed by atoms with E-state index in [1.54, 1.807) is 12.1 Å². The summed E-state index contributed by atoms with van der Waals surface area (Å²) < 4.78 is 12.0. The summed E-state index contributed by atoms with van der Waals surface area (Å²) in [5.41, 5.74) is 5.76. The Kier molecular flexibility index (Phi) is 6.53. The third kappa shape index (κ3) is 5.29. The Balaban J connectivity index is 1.70. The predicted molar refractivity (Wildman–Crippen MR) is 141 cm³/mol. The van der Waals surface area contributed by atoms with Crippen molar-refractivity contribution in [2.24, 2.45) is 0 Å².